The molecule has 0 saturated carbocycles. The van der Waals surface area contributed by atoms with E-state index in [-0.39, 0.29) is 6.42 Å². The lowest BCUT2D eigenvalue weighted by Crippen LogP contribution is -2.51. The van der Waals surface area contributed by atoms with Crippen LogP contribution in [0.25, 0.3) is 0 Å². The molecule has 120 valence electrons. The van der Waals surface area contributed by atoms with E-state index in [9.17, 15) is 19.6 Å². The van der Waals surface area contributed by atoms with Crippen molar-refractivity contribution in [3.63, 3.8) is 0 Å². The number of carbonyl (C=O) groups is 1. The zero-order valence-corrected chi connectivity index (χ0v) is 12.0. The minimum absolute atomic E-state index is 0.0242. The Morgan fingerprint density at radius 2 is 2.24 bits per heavy atom. The second-order valence-electron chi connectivity index (χ2n) is 4.81. The summed E-state index contributed by atoms with van der Waals surface area (Å²) in [7, 11) is -4.73. The maximum absolute atomic E-state index is 11.8. The molecule has 0 aromatic carbocycles. The molecule has 1 saturated heterocycles. The van der Waals surface area contributed by atoms with Crippen LogP contribution in [0.1, 0.15) is 13.3 Å². The standard InChI is InChI=1S/C10H17N2O8P/c1-5-3-12(10(15)11-9(5)14)8-2-6(7(4-13)19-8)20-21(16,17)18/h3,6-9,13-14H,2,4H2,1H3,(H,11,15)(H2,16,17,18)/t6-,7+,8+,9?/m0/s1. The molecule has 2 rings (SSSR count). The van der Waals surface area contributed by atoms with Gasteiger partial charge in [-0.2, -0.15) is 0 Å². The fraction of sp³-hybridized carbons (Fsp3) is 0.700. The zero-order valence-electron chi connectivity index (χ0n) is 11.1. The predicted octanol–water partition coefficient (Wildman–Crippen LogP) is -1.18. The minimum Gasteiger partial charge on any atom is -0.394 e. The molecule has 2 aliphatic rings. The zero-order chi connectivity index (χ0) is 15.8. The molecule has 0 aromatic rings. The molecule has 0 spiro atoms. The molecular formula is C10H17N2O8P. The lowest BCUT2D eigenvalue weighted by atomic mass is 10.1. The molecule has 0 radical (unpaired) electrons. The van der Waals surface area contributed by atoms with Crippen LogP contribution in [-0.4, -0.2) is 62.2 Å². The fourth-order valence-corrected chi connectivity index (χ4v) is 2.76. The number of phosphoric ester groups is 1. The number of hydrogen-bond acceptors (Lipinski definition) is 6. The molecule has 0 bridgehead atoms. The van der Waals surface area contributed by atoms with Crippen LogP contribution in [-0.2, 0) is 13.8 Å². The highest BCUT2D eigenvalue weighted by atomic mass is 31.2. The van der Waals surface area contributed by atoms with Gasteiger partial charge >= 0.3 is 13.9 Å². The third-order valence-corrected chi connectivity index (χ3v) is 3.76. The van der Waals surface area contributed by atoms with E-state index in [4.69, 9.17) is 14.5 Å². The molecule has 4 atom stereocenters. The first-order chi connectivity index (χ1) is 9.71. The van der Waals surface area contributed by atoms with E-state index in [1.165, 1.54) is 6.20 Å². The van der Waals surface area contributed by atoms with Gasteiger partial charge in [0, 0.05) is 12.6 Å². The van der Waals surface area contributed by atoms with E-state index >= 15 is 0 Å². The summed E-state index contributed by atoms with van der Waals surface area (Å²) < 4.78 is 20.8. The van der Waals surface area contributed by atoms with Crippen LogP contribution in [0.3, 0.4) is 0 Å². The first-order valence-corrected chi connectivity index (χ1v) is 7.70. The summed E-state index contributed by atoms with van der Waals surface area (Å²) in [6, 6.07) is -0.619. The van der Waals surface area contributed by atoms with Crippen molar-refractivity contribution >= 4 is 13.9 Å². The molecule has 11 heteroatoms. The summed E-state index contributed by atoms with van der Waals surface area (Å²) in [4.78, 5) is 30.6. The van der Waals surface area contributed by atoms with Crippen LogP contribution >= 0.6 is 7.82 Å². The third kappa shape index (κ3) is 3.80. The van der Waals surface area contributed by atoms with E-state index < -0.39 is 45.1 Å². The van der Waals surface area contributed by atoms with Gasteiger partial charge in [0.1, 0.15) is 18.4 Å². The second-order valence-corrected chi connectivity index (χ2v) is 6.01. The first kappa shape index (κ1) is 16.4. The van der Waals surface area contributed by atoms with Crippen molar-refractivity contribution in [2.45, 2.75) is 38.0 Å². The van der Waals surface area contributed by atoms with Crippen molar-refractivity contribution in [1.29, 1.82) is 0 Å². The van der Waals surface area contributed by atoms with Crippen molar-refractivity contribution in [3.05, 3.63) is 11.8 Å². The number of ether oxygens (including phenoxy) is 1. The highest BCUT2D eigenvalue weighted by molar-refractivity contribution is 7.46. The van der Waals surface area contributed by atoms with Crippen LogP contribution in [0.2, 0.25) is 0 Å². The third-order valence-electron chi connectivity index (χ3n) is 3.21. The van der Waals surface area contributed by atoms with Crippen molar-refractivity contribution < 1.29 is 38.6 Å². The Bertz CT molecular complexity index is 491. The number of aliphatic hydroxyl groups excluding tert-OH is 2. The average Bonchev–Trinajstić information content (AvgIpc) is 2.74. The molecule has 0 aliphatic carbocycles. The lowest BCUT2D eigenvalue weighted by molar-refractivity contribution is -0.0554. The molecule has 2 amide bonds. The predicted molar refractivity (Wildman–Crippen MR) is 67.4 cm³/mol. The molecule has 1 fully saturated rings. The smallest absolute Gasteiger partial charge is 0.394 e. The number of rotatable bonds is 4. The molecule has 1 unspecified atom stereocenters. The van der Waals surface area contributed by atoms with Crippen LogP contribution in [0.4, 0.5) is 4.79 Å². The Hall–Kier alpha value is -1.00. The van der Waals surface area contributed by atoms with Gasteiger partial charge in [-0.05, 0) is 12.5 Å². The quantitative estimate of drug-likeness (QED) is 0.406. The number of nitrogens with one attached hydrogen (secondary N) is 1. The summed E-state index contributed by atoms with van der Waals surface area (Å²) in [5, 5.41) is 20.9. The van der Waals surface area contributed by atoms with Crippen molar-refractivity contribution in [2.75, 3.05) is 6.61 Å². The van der Waals surface area contributed by atoms with Crippen molar-refractivity contribution in [1.82, 2.24) is 10.2 Å². The van der Waals surface area contributed by atoms with Crippen LogP contribution in [0, 0.1) is 0 Å². The number of nitrogens with zero attached hydrogens (tertiary/aromatic N) is 1. The Morgan fingerprint density at radius 1 is 1.57 bits per heavy atom. The van der Waals surface area contributed by atoms with Gasteiger partial charge in [0.25, 0.3) is 0 Å². The number of aliphatic hydroxyl groups is 2. The van der Waals surface area contributed by atoms with Crippen molar-refractivity contribution in [2.24, 2.45) is 0 Å². The monoisotopic (exact) mass is 324 g/mol. The van der Waals surface area contributed by atoms with Crippen LogP contribution in [0.5, 0.6) is 0 Å². The lowest BCUT2D eigenvalue weighted by Gasteiger charge is -2.31. The Kier molecular flexibility index (Phi) is 4.69. The maximum Gasteiger partial charge on any atom is 0.469 e. The SMILES string of the molecule is CC1=CN([C@H]2C[C@H](OP(=O)(O)O)[C@@H](CO)O2)C(=O)NC1O. The Morgan fingerprint density at radius 3 is 2.81 bits per heavy atom. The summed E-state index contributed by atoms with van der Waals surface area (Å²) in [5.41, 5.74) is 0.470. The summed E-state index contributed by atoms with van der Waals surface area (Å²) >= 11 is 0. The van der Waals surface area contributed by atoms with Gasteiger partial charge in [-0.1, -0.05) is 0 Å². The number of urea groups is 1. The molecular weight excluding hydrogens is 307 g/mol. The number of carbonyl (C=O) groups excluding carboxylic acids is 1. The van der Waals surface area contributed by atoms with E-state index in [2.05, 4.69) is 9.84 Å². The summed E-state index contributed by atoms with van der Waals surface area (Å²) in [6.45, 7) is 1.08. The van der Waals surface area contributed by atoms with Gasteiger partial charge in [0.05, 0.1) is 6.61 Å². The van der Waals surface area contributed by atoms with E-state index in [1.807, 2.05) is 0 Å². The van der Waals surface area contributed by atoms with E-state index in [1.54, 1.807) is 6.92 Å². The van der Waals surface area contributed by atoms with E-state index in [0.717, 1.165) is 4.90 Å². The average molecular weight is 324 g/mol. The van der Waals surface area contributed by atoms with Gasteiger partial charge in [0.15, 0.2) is 6.23 Å². The van der Waals surface area contributed by atoms with Gasteiger partial charge in [-0.15, -0.1) is 0 Å². The van der Waals surface area contributed by atoms with Gasteiger partial charge in [0.2, 0.25) is 0 Å². The van der Waals surface area contributed by atoms with Crippen LogP contribution in [0.15, 0.2) is 11.8 Å². The van der Waals surface area contributed by atoms with Crippen LogP contribution < -0.4 is 5.32 Å². The number of phosphoric acid groups is 1. The van der Waals surface area contributed by atoms with Gasteiger partial charge in [-0.25, -0.2) is 9.36 Å². The first-order valence-electron chi connectivity index (χ1n) is 6.16. The molecule has 5 N–H and O–H groups in total. The van der Waals surface area contributed by atoms with Gasteiger partial charge in [-0.3, -0.25) is 9.42 Å². The second kappa shape index (κ2) is 6.01. The summed E-state index contributed by atoms with van der Waals surface area (Å²) in [5.74, 6) is 0. The molecule has 10 nitrogen and oxygen atoms in total. The highest BCUT2D eigenvalue weighted by Crippen LogP contribution is 2.42. The van der Waals surface area contributed by atoms with E-state index in [0.29, 0.717) is 5.57 Å². The summed E-state index contributed by atoms with van der Waals surface area (Å²) in [6.07, 6.45) is -2.61. The van der Waals surface area contributed by atoms with Gasteiger partial charge < -0.3 is 30.1 Å². The highest BCUT2D eigenvalue weighted by Gasteiger charge is 2.43. The minimum atomic E-state index is -4.73. The molecule has 2 aliphatic heterocycles. The fourth-order valence-electron chi connectivity index (χ4n) is 2.19. The largest absolute Gasteiger partial charge is 0.469 e. The topological polar surface area (TPSA) is 149 Å². The molecule has 21 heavy (non-hydrogen) atoms. The maximum atomic E-state index is 11.8. The molecule has 2 heterocycles. The Labute approximate surface area is 120 Å². The molecule has 0 aromatic heterocycles. The number of hydrogen-bond donors (Lipinski definition) is 5. The number of amides is 2. The van der Waals surface area contributed by atoms with Crippen molar-refractivity contribution in [3.8, 4) is 0 Å². The Balaban J connectivity index is 2.12. The normalized spacial score (nSPS) is 33.9.